The molecule has 21 heavy (non-hydrogen) atoms. The molecule has 0 heterocycles. The van der Waals surface area contributed by atoms with Gasteiger partial charge in [0.05, 0.1) is 29.7 Å². The number of rotatable bonds is 7. The molecule has 0 saturated carbocycles. The second kappa shape index (κ2) is 7.87. The van der Waals surface area contributed by atoms with Crippen LogP contribution in [0.15, 0.2) is 16.6 Å². The molecule has 0 fully saturated rings. The molecule has 1 aromatic carbocycles. The molecular weight excluding hydrogens is 342 g/mol. The number of hydrogen-bond donors (Lipinski definition) is 1. The highest BCUT2D eigenvalue weighted by molar-refractivity contribution is 9.10. The lowest BCUT2D eigenvalue weighted by molar-refractivity contribution is -0.129. The minimum absolute atomic E-state index is 0.0498. The van der Waals surface area contributed by atoms with E-state index in [0.29, 0.717) is 22.6 Å². The van der Waals surface area contributed by atoms with E-state index < -0.39 is 5.97 Å². The standard InChI is InChI=1S/C14H18BrNO5/c1-4-20-11-8-9(14(18)19)7-10(15)13(11)21-6-5-12(17)16(2)3/h7-8H,4-6H2,1-3H3,(H,18,19). The maximum Gasteiger partial charge on any atom is 0.335 e. The van der Waals surface area contributed by atoms with Crippen molar-refractivity contribution in [1.82, 2.24) is 4.90 Å². The molecule has 0 radical (unpaired) electrons. The second-order valence-corrected chi connectivity index (χ2v) is 5.26. The molecule has 1 rings (SSSR count). The van der Waals surface area contributed by atoms with Gasteiger partial charge in [-0.3, -0.25) is 4.79 Å². The number of hydrogen-bond acceptors (Lipinski definition) is 4. The van der Waals surface area contributed by atoms with Crippen molar-refractivity contribution in [2.45, 2.75) is 13.3 Å². The highest BCUT2D eigenvalue weighted by Crippen LogP contribution is 2.37. The van der Waals surface area contributed by atoms with Gasteiger partial charge in [-0.05, 0) is 35.0 Å². The van der Waals surface area contributed by atoms with Crippen LogP contribution in [0.3, 0.4) is 0 Å². The number of nitrogens with zero attached hydrogens (tertiary/aromatic N) is 1. The molecule has 0 unspecified atom stereocenters. The largest absolute Gasteiger partial charge is 0.490 e. The van der Waals surface area contributed by atoms with Crippen LogP contribution in [0.1, 0.15) is 23.7 Å². The van der Waals surface area contributed by atoms with E-state index >= 15 is 0 Å². The summed E-state index contributed by atoms with van der Waals surface area (Å²) >= 11 is 3.27. The third kappa shape index (κ3) is 4.93. The summed E-state index contributed by atoms with van der Waals surface area (Å²) in [6.07, 6.45) is 0.228. The highest BCUT2D eigenvalue weighted by atomic mass is 79.9. The number of ether oxygens (including phenoxy) is 2. The number of benzene rings is 1. The van der Waals surface area contributed by atoms with Crippen molar-refractivity contribution >= 4 is 27.8 Å². The SMILES string of the molecule is CCOc1cc(C(=O)O)cc(Br)c1OCCC(=O)N(C)C. The normalized spacial score (nSPS) is 10.1. The zero-order valence-electron chi connectivity index (χ0n) is 12.2. The molecule has 7 heteroatoms. The van der Waals surface area contributed by atoms with Gasteiger partial charge in [-0.15, -0.1) is 0 Å². The van der Waals surface area contributed by atoms with Crippen LogP contribution in [0.4, 0.5) is 0 Å². The molecule has 1 N–H and O–H groups in total. The van der Waals surface area contributed by atoms with Crippen LogP contribution < -0.4 is 9.47 Å². The van der Waals surface area contributed by atoms with E-state index in [1.807, 2.05) is 0 Å². The van der Waals surface area contributed by atoms with Crippen LogP contribution in [0.25, 0.3) is 0 Å². The number of aromatic carboxylic acids is 1. The lowest BCUT2D eigenvalue weighted by Gasteiger charge is -2.15. The van der Waals surface area contributed by atoms with Gasteiger partial charge < -0.3 is 19.5 Å². The molecule has 1 aromatic rings. The number of amides is 1. The van der Waals surface area contributed by atoms with Gasteiger partial charge in [0.15, 0.2) is 11.5 Å². The van der Waals surface area contributed by atoms with Crippen molar-refractivity contribution in [1.29, 1.82) is 0 Å². The first-order chi connectivity index (χ1) is 9.86. The molecular formula is C14H18BrNO5. The van der Waals surface area contributed by atoms with Crippen molar-refractivity contribution in [3.8, 4) is 11.5 Å². The topological polar surface area (TPSA) is 76.1 Å². The van der Waals surface area contributed by atoms with E-state index in [-0.39, 0.29) is 24.5 Å². The van der Waals surface area contributed by atoms with Crippen molar-refractivity contribution in [3.05, 3.63) is 22.2 Å². The minimum Gasteiger partial charge on any atom is -0.490 e. The van der Waals surface area contributed by atoms with E-state index in [2.05, 4.69) is 15.9 Å². The van der Waals surface area contributed by atoms with Crippen LogP contribution in [0.2, 0.25) is 0 Å². The number of carbonyl (C=O) groups excluding carboxylic acids is 1. The number of carboxylic acid groups (broad SMARTS) is 1. The summed E-state index contributed by atoms with van der Waals surface area (Å²) in [5.74, 6) is -0.368. The maximum absolute atomic E-state index is 11.5. The van der Waals surface area contributed by atoms with Gasteiger partial charge in [0.25, 0.3) is 0 Å². The molecule has 0 aliphatic carbocycles. The third-order valence-electron chi connectivity index (χ3n) is 2.62. The number of halogens is 1. The van der Waals surface area contributed by atoms with Gasteiger partial charge in [-0.1, -0.05) is 0 Å². The molecule has 0 saturated heterocycles. The van der Waals surface area contributed by atoms with Crippen LogP contribution in [-0.4, -0.2) is 49.2 Å². The average Bonchev–Trinajstić information content (AvgIpc) is 2.41. The lowest BCUT2D eigenvalue weighted by Crippen LogP contribution is -2.23. The first-order valence-corrected chi connectivity index (χ1v) is 7.18. The summed E-state index contributed by atoms with van der Waals surface area (Å²) in [4.78, 5) is 24.0. The van der Waals surface area contributed by atoms with Crippen LogP contribution >= 0.6 is 15.9 Å². The molecule has 0 atom stereocenters. The van der Waals surface area contributed by atoms with E-state index in [1.54, 1.807) is 21.0 Å². The monoisotopic (exact) mass is 359 g/mol. The van der Waals surface area contributed by atoms with Crippen LogP contribution in [0, 0.1) is 0 Å². The summed E-state index contributed by atoms with van der Waals surface area (Å²) in [5.41, 5.74) is 0.0991. The van der Waals surface area contributed by atoms with E-state index in [9.17, 15) is 9.59 Å². The highest BCUT2D eigenvalue weighted by Gasteiger charge is 2.16. The zero-order chi connectivity index (χ0) is 16.0. The number of carbonyl (C=O) groups is 2. The number of carboxylic acids is 1. The summed E-state index contributed by atoms with van der Waals surface area (Å²) in [6.45, 7) is 2.35. The Morgan fingerprint density at radius 1 is 1.29 bits per heavy atom. The second-order valence-electron chi connectivity index (χ2n) is 4.41. The Kier molecular flexibility index (Phi) is 6.48. The molecule has 0 aliphatic rings. The van der Waals surface area contributed by atoms with Crippen LogP contribution in [0.5, 0.6) is 11.5 Å². The Hall–Kier alpha value is -1.76. The molecule has 0 spiro atoms. The van der Waals surface area contributed by atoms with Gasteiger partial charge in [0, 0.05) is 14.1 Å². The van der Waals surface area contributed by atoms with Gasteiger partial charge in [-0.2, -0.15) is 0 Å². The van der Waals surface area contributed by atoms with E-state index in [0.717, 1.165) is 0 Å². The lowest BCUT2D eigenvalue weighted by atomic mass is 10.2. The summed E-state index contributed by atoms with van der Waals surface area (Å²) < 4.78 is 11.4. The third-order valence-corrected chi connectivity index (χ3v) is 3.21. The summed E-state index contributed by atoms with van der Waals surface area (Å²) in [6, 6.07) is 2.84. The van der Waals surface area contributed by atoms with Crippen LogP contribution in [-0.2, 0) is 4.79 Å². The Balaban J connectivity index is 2.89. The van der Waals surface area contributed by atoms with Gasteiger partial charge in [0.2, 0.25) is 5.91 Å². The fraction of sp³-hybridized carbons (Fsp3) is 0.429. The Labute approximate surface area is 131 Å². The van der Waals surface area contributed by atoms with E-state index in [1.165, 1.54) is 17.0 Å². The first-order valence-electron chi connectivity index (χ1n) is 6.39. The maximum atomic E-state index is 11.5. The first kappa shape index (κ1) is 17.3. The predicted octanol–water partition coefficient (Wildman–Crippen LogP) is 2.40. The fourth-order valence-corrected chi connectivity index (χ4v) is 2.11. The minimum atomic E-state index is -1.05. The van der Waals surface area contributed by atoms with E-state index in [4.69, 9.17) is 14.6 Å². The zero-order valence-corrected chi connectivity index (χ0v) is 13.8. The van der Waals surface area contributed by atoms with Crippen molar-refractivity contribution in [3.63, 3.8) is 0 Å². The predicted molar refractivity (Wildman–Crippen MR) is 81.1 cm³/mol. The Morgan fingerprint density at radius 2 is 1.95 bits per heavy atom. The Morgan fingerprint density at radius 3 is 2.48 bits per heavy atom. The molecule has 0 aliphatic heterocycles. The van der Waals surface area contributed by atoms with Crippen molar-refractivity contribution in [2.24, 2.45) is 0 Å². The van der Waals surface area contributed by atoms with Gasteiger partial charge in [-0.25, -0.2) is 4.79 Å². The van der Waals surface area contributed by atoms with Gasteiger partial charge in [0.1, 0.15) is 0 Å². The van der Waals surface area contributed by atoms with Crippen molar-refractivity contribution in [2.75, 3.05) is 27.3 Å². The van der Waals surface area contributed by atoms with Gasteiger partial charge >= 0.3 is 5.97 Å². The van der Waals surface area contributed by atoms with Crippen molar-refractivity contribution < 1.29 is 24.2 Å². The molecule has 0 aromatic heterocycles. The quantitative estimate of drug-likeness (QED) is 0.808. The fourth-order valence-electron chi connectivity index (χ4n) is 1.56. The average molecular weight is 360 g/mol. The Bertz CT molecular complexity index is 530. The molecule has 6 nitrogen and oxygen atoms in total. The molecule has 0 bridgehead atoms. The molecule has 1 amide bonds. The summed E-state index contributed by atoms with van der Waals surface area (Å²) in [5, 5.41) is 9.04. The molecule has 116 valence electrons. The summed E-state index contributed by atoms with van der Waals surface area (Å²) in [7, 11) is 3.34. The smallest absolute Gasteiger partial charge is 0.335 e.